The van der Waals surface area contributed by atoms with Crippen LogP contribution in [-0.2, 0) is 16.0 Å². The molecule has 1 aromatic rings. The Bertz CT molecular complexity index is 739. The van der Waals surface area contributed by atoms with E-state index in [0.29, 0.717) is 23.6 Å². The first-order valence-corrected chi connectivity index (χ1v) is 10.9. The zero-order valence-electron chi connectivity index (χ0n) is 18.2. The number of halogens is 1. The van der Waals surface area contributed by atoms with Gasteiger partial charge in [-0.25, -0.2) is 0 Å². The highest BCUT2D eigenvalue weighted by atomic mass is 79.9. The van der Waals surface area contributed by atoms with E-state index in [1.54, 1.807) is 19.9 Å². The number of piperidine rings is 1. The van der Waals surface area contributed by atoms with Crippen molar-refractivity contribution in [1.82, 2.24) is 0 Å². The van der Waals surface area contributed by atoms with Crippen LogP contribution in [0.25, 0.3) is 0 Å². The number of nitrogens with zero attached hydrogens (tertiary/aromatic N) is 1. The van der Waals surface area contributed by atoms with Crippen LogP contribution in [0.1, 0.15) is 64.4 Å². The van der Waals surface area contributed by atoms with Gasteiger partial charge < -0.3 is 36.0 Å². The molecule has 2 aliphatic rings. The molecule has 2 unspecified atom stereocenters. The van der Waals surface area contributed by atoms with E-state index in [4.69, 9.17) is 9.47 Å². The van der Waals surface area contributed by atoms with Gasteiger partial charge in [-0.05, 0) is 24.1 Å². The summed E-state index contributed by atoms with van der Waals surface area (Å²) in [4.78, 5) is 23.4. The minimum absolute atomic E-state index is 0. The van der Waals surface area contributed by atoms with Crippen LogP contribution in [-0.4, -0.2) is 53.3 Å². The summed E-state index contributed by atoms with van der Waals surface area (Å²) in [7, 11) is 2.34. The van der Waals surface area contributed by atoms with Gasteiger partial charge in [0.25, 0.3) is 0 Å². The smallest absolute Gasteiger partial charge is 0.311 e. The molecule has 168 valence electrons. The lowest BCUT2D eigenvalue weighted by Crippen LogP contribution is -3.00. The summed E-state index contributed by atoms with van der Waals surface area (Å²) in [6.07, 6.45) is 6.55. The van der Waals surface area contributed by atoms with Gasteiger partial charge in [0.2, 0.25) is 0 Å². The second-order valence-electron chi connectivity index (χ2n) is 8.62. The Hall–Kier alpha value is -1.44. The van der Waals surface area contributed by atoms with Crippen LogP contribution in [0, 0.1) is 0 Å². The lowest BCUT2D eigenvalue weighted by Gasteiger charge is -2.46. The van der Waals surface area contributed by atoms with Crippen molar-refractivity contribution in [2.45, 2.75) is 83.4 Å². The molecule has 2 bridgehead atoms. The lowest BCUT2D eigenvalue weighted by molar-refractivity contribution is -0.949. The highest BCUT2D eigenvalue weighted by Gasteiger charge is 2.50. The minimum atomic E-state index is -0.355. The topological polar surface area (TPSA) is 72.8 Å². The van der Waals surface area contributed by atoms with Crippen molar-refractivity contribution in [3.63, 3.8) is 0 Å². The molecule has 2 atom stereocenters. The molecule has 30 heavy (non-hydrogen) atoms. The van der Waals surface area contributed by atoms with E-state index in [2.05, 4.69) is 7.05 Å². The molecule has 0 saturated carbocycles. The molecule has 2 aliphatic heterocycles. The van der Waals surface area contributed by atoms with Crippen molar-refractivity contribution in [1.29, 1.82) is 0 Å². The maximum absolute atomic E-state index is 11.8. The summed E-state index contributed by atoms with van der Waals surface area (Å²) in [6, 6.07) is 6.62. The first-order valence-electron chi connectivity index (χ1n) is 10.9. The number of aryl methyl sites for hydroxylation is 1. The number of hydrogen-bond donors (Lipinski definition) is 1. The largest absolute Gasteiger partial charge is 1.00 e. The number of aliphatic hydroxyl groups excluding tert-OH is 1. The van der Waals surface area contributed by atoms with Crippen LogP contribution < -0.4 is 26.5 Å². The van der Waals surface area contributed by atoms with E-state index in [0.717, 1.165) is 42.3 Å². The van der Waals surface area contributed by atoms with E-state index >= 15 is 0 Å². The second-order valence-corrected chi connectivity index (χ2v) is 8.62. The summed E-state index contributed by atoms with van der Waals surface area (Å²) >= 11 is 0. The number of carbonyl (C=O) groups excluding carboxylic acids is 2. The normalized spacial score (nSPS) is 27.3. The highest BCUT2D eigenvalue weighted by Crippen LogP contribution is 2.41. The summed E-state index contributed by atoms with van der Waals surface area (Å²) in [5.74, 6) is -0.0913. The molecular formula is C23H34BrNO5. The van der Waals surface area contributed by atoms with E-state index in [9.17, 15) is 14.7 Å². The van der Waals surface area contributed by atoms with E-state index in [1.165, 1.54) is 12.8 Å². The number of ether oxygens (including phenoxy) is 2. The maximum atomic E-state index is 11.8. The predicted molar refractivity (Wildman–Crippen MR) is 110 cm³/mol. The van der Waals surface area contributed by atoms with Crippen LogP contribution in [0.2, 0.25) is 0 Å². The van der Waals surface area contributed by atoms with Crippen molar-refractivity contribution in [3.05, 3.63) is 23.8 Å². The van der Waals surface area contributed by atoms with E-state index in [1.807, 2.05) is 12.1 Å². The van der Waals surface area contributed by atoms with Crippen molar-refractivity contribution >= 4 is 11.9 Å². The average Bonchev–Trinajstić information content (AvgIpc) is 2.86. The third-order valence-corrected chi connectivity index (χ3v) is 6.73. The van der Waals surface area contributed by atoms with Gasteiger partial charge in [0, 0.05) is 44.9 Å². The number of quaternary nitrogens is 1. The molecule has 0 aliphatic carbocycles. The first-order chi connectivity index (χ1) is 13.9. The SMILES string of the molecule is CCC(=O)Oc1ccc(CCC[N+]2(C)C3CCC2CC(O)C3)cc1OC(=O)CC.[Br-]. The van der Waals surface area contributed by atoms with Crippen molar-refractivity contribution in [2.75, 3.05) is 13.6 Å². The predicted octanol–water partition coefficient (Wildman–Crippen LogP) is 0.386. The third kappa shape index (κ3) is 5.62. The summed E-state index contributed by atoms with van der Waals surface area (Å²) < 4.78 is 11.8. The van der Waals surface area contributed by atoms with E-state index < -0.39 is 0 Å². The van der Waals surface area contributed by atoms with E-state index in [-0.39, 0.29) is 47.9 Å². The molecule has 0 radical (unpaired) electrons. The number of rotatable bonds is 8. The second kappa shape index (κ2) is 10.7. The first kappa shape index (κ1) is 24.8. The zero-order valence-corrected chi connectivity index (χ0v) is 19.8. The van der Waals surface area contributed by atoms with Crippen LogP contribution >= 0.6 is 0 Å². The summed E-state index contributed by atoms with van der Waals surface area (Å²) in [6.45, 7) is 4.54. The van der Waals surface area contributed by atoms with Gasteiger partial charge in [-0.1, -0.05) is 19.9 Å². The summed E-state index contributed by atoms with van der Waals surface area (Å²) in [5, 5.41) is 10.1. The highest BCUT2D eigenvalue weighted by molar-refractivity contribution is 5.76. The molecular weight excluding hydrogens is 450 g/mol. The molecule has 1 N–H and O–H groups in total. The quantitative estimate of drug-likeness (QED) is 0.329. The Balaban J connectivity index is 0.00000320. The van der Waals surface area contributed by atoms with Crippen molar-refractivity contribution in [2.24, 2.45) is 0 Å². The van der Waals surface area contributed by atoms with Crippen LogP contribution in [0.3, 0.4) is 0 Å². The van der Waals surface area contributed by atoms with Gasteiger partial charge in [-0.2, -0.15) is 0 Å². The van der Waals surface area contributed by atoms with Crippen LogP contribution in [0.15, 0.2) is 18.2 Å². The molecule has 2 saturated heterocycles. The fourth-order valence-electron chi connectivity index (χ4n) is 4.97. The lowest BCUT2D eigenvalue weighted by atomic mass is 9.96. The standard InChI is InChI=1S/C23H34NO5.BrH/c1-4-22(26)28-20-11-8-16(13-21(20)29-23(27)5-2)7-6-12-24(3)17-9-10-18(24)15-19(25)14-17;/h8,11,13,17-19,25H,4-7,9-10,12,14-15H2,1-3H3;1H/q+1;/p-1. The van der Waals surface area contributed by atoms with Crippen LogP contribution in [0.5, 0.6) is 11.5 Å². The molecule has 0 spiro atoms. The Kier molecular flexibility index (Phi) is 8.88. The van der Waals surface area contributed by atoms with Gasteiger partial charge in [-0.15, -0.1) is 0 Å². The Morgan fingerprint density at radius 2 is 1.60 bits per heavy atom. The molecule has 2 fully saturated rings. The number of aliphatic hydroxyl groups is 1. The minimum Gasteiger partial charge on any atom is -1.00 e. The fraction of sp³-hybridized carbons (Fsp3) is 0.652. The van der Waals surface area contributed by atoms with Crippen molar-refractivity contribution < 1.29 is 45.6 Å². The summed E-state index contributed by atoms with van der Waals surface area (Å²) in [5.41, 5.74) is 1.07. The number of esters is 2. The third-order valence-electron chi connectivity index (χ3n) is 6.73. The monoisotopic (exact) mass is 483 g/mol. The van der Waals surface area contributed by atoms with Gasteiger partial charge in [0.05, 0.1) is 31.8 Å². The molecule has 2 heterocycles. The number of fused-ring (bicyclic) bond motifs is 2. The number of hydrogen-bond acceptors (Lipinski definition) is 5. The molecule has 7 heteroatoms. The molecule has 1 aromatic carbocycles. The molecule has 3 rings (SSSR count). The van der Waals surface area contributed by atoms with Crippen molar-refractivity contribution in [3.8, 4) is 11.5 Å². The maximum Gasteiger partial charge on any atom is 0.311 e. The van der Waals surface area contributed by atoms with Gasteiger partial charge >= 0.3 is 11.9 Å². The molecule has 0 amide bonds. The molecule has 6 nitrogen and oxygen atoms in total. The average molecular weight is 484 g/mol. The zero-order chi connectivity index (χ0) is 21.0. The Morgan fingerprint density at radius 1 is 1.03 bits per heavy atom. The van der Waals surface area contributed by atoms with Gasteiger partial charge in [0.15, 0.2) is 11.5 Å². The Labute approximate surface area is 189 Å². The number of carbonyl (C=O) groups is 2. The number of benzene rings is 1. The fourth-order valence-corrected chi connectivity index (χ4v) is 4.97. The van der Waals surface area contributed by atoms with Gasteiger partial charge in [0.1, 0.15) is 0 Å². The van der Waals surface area contributed by atoms with Gasteiger partial charge in [-0.3, -0.25) is 9.59 Å². The molecule has 0 aromatic heterocycles. The Morgan fingerprint density at radius 3 is 2.17 bits per heavy atom. The van der Waals surface area contributed by atoms with Crippen LogP contribution in [0.4, 0.5) is 0 Å².